The average Bonchev–Trinajstić information content (AvgIpc) is 2.43. The van der Waals surface area contributed by atoms with Crippen LogP contribution in [0.5, 0.6) is 0 Å². The second-order valence-electron chi connectivity index (χ2n) is 1.24. The van der Waals surface area contributed by atoms with Gasteiger partial charge in [-0.2, -0.15) is 24.0 Å². The molecule has 1 aromatic heterocycles. The summed E-state index contributed by atoms with van der Waals surface area (Å²) in [5, 5.41) is 11.9. The molecular formula is C6H10OS2. The molecule has 9 heavy (non-hydrogen) atoms. The largest absolute Gasteiger partial charge is 0.396 e. The molecular weight excluding hydrogens is 152 g/mol. The van der Waals surface area contributed by atoms with Crippen LogP contribution in [0.1, 0.15) is 0 Å². The Bertz CT molecular complexity index is 86.6. The minimum Gasteiger partial charge on any atom is -0.396 e. The van der Waals surface area contributed by atoms with Gasteiger partial charge in [0.15, 0.2) is 0 Å². The third-order valence-electron chi connectivity index (χ3n) is 0.525. The molecule has 1 N–H and O–H groups in total. The Labute approximate surface area is 64.8 Å². The SMILES string of the molecule is OCCS.c1ccsc1. The molecule has 0 aliphatic carbocycles. The molecule has 52 valence electrons. The van der Waals surface area contributed by atoms with Crippen molar-refractivity contribution in [1.29, 1.82) is 0 Å². The molecule has 0 radical (unpaired) electrons. The number of thiophene rings is 1. The van der Waals surface area contributed by atoms with Gasteiger partial charge in [-0.05, 0) is 10.8 Å². The minimum atomic E-state index is 0.184. The van der Waals surface area contributed by atoms with Gasteiger partial charge in [0.25, 0.3) is 0 Å². The minimum absolute atomic E-state index is 0.184. The molecule has 3 heteroatoms. The summed E-state index contributed by atoms with van der Waals surface area (Å²) in [6, 6.07) is 4.04. The number of aliphatic hydroxyl groups excluding tert-OH is 1. The second-order valence-corrected chi connectivity index (χ2v) is 2.50. The molecule has 0 amide bonds. The Morgan fingerprint density at radius 1 is 1.33 bits per heavy atom. The van der Waals surface area contributed by atoms with E-state index in [-0.39, 0.29) is 6.61 Å². The topological polar surface area (TPSA) is 20.2 Å². The van der Waals surface area contributed by atoms with Crippen LogP contribution in [0.4, 0.5) is 0 Å². The lowest BCUT2D eigenvalue weighted by molar-refractivity contribution is 0.323. The van der Waals surface area contributed by atoms with Crippen LogP contribution < -0.4 is 0 Å². The molecule has 0 aromatic carbocycles. The summed E-state index contributed by atoms with van der Waals surface area (Å²) < 4.78 is 0. The van der Waals surface area contributed by atoms with E-state index < -0.39 is 0 Å². The Morgan fingerprint density at radius 3 is 1.89 bits per heavy atom. The van der Waals surface area contributed by atoms with Crippen LogP contribution in [0, 0.1) is 0 Å². The molecule has 0 unspecified atom stereocenters. The molecule has 1 nitrogen and oxygen atoms in total. The normalized spacial score (nSPS) is 7.78. The lowest BCUT2D eigenvalue weighted by Gasteiger charge is -1.69. The number of hydrogen-bond donors (Lipinski definition) is 2. The van der Waals surface area contributed by atoms with Crippen molar-refractivity contribution in [2.45, 2.75) is 0 Å². The van der Waals surface area contributed by atoms with Crippen molar-refractivity contribution in [3.05, 3.63) is 22.9 Å². The van der Waals surface area contributed by atoms with Crippen LogP contribution in [-0.4, -0.2) is 17.5 Å². The average molecular weight is 162 g/mol. The summed E-state index contributed by atoms with van der Waals surface area (Å²) in [7, 11) is 0. The number of thiol groups is 1. The number of rotatable bonds is 1. The predicted molar refractivity (Wildman–Crippen MR) is 45.3 cm³/mol. The molecule has 1 aromatic rings. The van der Waals surface area contributed by atoms with Gasteiger partial charge in [0.05, 0.1) is 6.61 Å². The first-order valence-electron chi connectivity index (χ1n) is 2.60. The fourth-order valence-electron chi connectivity index (χ4n) is 0.227. The Morgan fingerprint density at radius 2 is 1.78 bits per heavy atom. The molecule has 1 heterocycles. The van der Waals surface area contributed by atoms with E-state index in [2.05, 4.69) is 12.6 Å². The van der Waals surface area contributed by atoms with E-state index in [1.165, 1.54) is 0 Å². The van der Waals surface area contributed by atoms with Gasteiger partial charge < -0.3 is 5.11 Å². The van der Waals surface area contributed by atoms with E-state index in [0.717, 1.165) is 0 Å². The monoisotopic (exact) mass is 162 g/mol. The van der Waals surface area contributed by atoms with Crippen molar-refractivity contribution in [2.24, 2.45) is 0 Å². The van der Waals surface area contributed by atoms with Gasteiger partial charge in [0.2, 0.25) is 0 Å². The standard InChI is InChI=1S/C4H4S.C2H6OS/c1-2-4-5-3-1;3-1-2-4/h1-4H;3-4H,1-2H2. The highest BCUT2D eigenvalue weighted by Gasteiger charge is 1.58. The first kappa shape index (κ1) is 9.01. The smallest absolute Gasteiger partial charge is 0.0519 e. The van der Waals surface area contributed by atoms with Gasteiger partial charge in [-0.25, -0.2) is 0 Å². The van der Waals surface area contributed by atoms with E-state index in [9.17, 15) is 0 Å². The van der Waals surface area contributed by atoms with Crippen molar-refractivity contribution in [1.82, 2.24) is 0 Å². The van der Waals surface area contributed by atoms with Gasteiger partial charge in [0.1, 0.15) is 0 Å². The molecule has 0 atom stereocenters. The zero-order valence-electron chi connectivity index (χ0n) is 5.03. The highest BCUT2D eigenvalue weighted by atomic mass is 32.1. The number of hydrogen-bond acceptors (Lipinski definition) is 3. The highest BCUT2D eigenvalue weighted by molar-refractivity contribution is 7.80. The summed E-state index contributed by atoms with van der Waals surface area (Å²) in [6.45, 7) is 0.184. The lowest BCUT2D eigenvalue weighted by Crippen LogP contribution is -1.76. The third-order valence-corrected chi connectivity index (χ3v) is 1.35. The molecule has 0 bridgehead atoms. The first-order chi connectivity index (χ1) is 4.41. The molecule has 0 aliphatic rings. The van der Waals surface area contributed by atoms with E-state index in [1.54, 1.807) is 11.3 Å². The van der Waals surface area contributed by atoms with Crippen molar-refractivity contribution in [2.75, 3.05) is 12.4 Å². The highest BCUT2D eigenvalue weighted by Crippen LogP contribution is 1.91. The van der Waals surface area contributed by atoms with E-state index in [1.807, 2.05) is 22.9 Å². The van der Waals surface area contributed by atoms with E-state index in [0.29, 0.717) is 5.75 Å². The lowest BCUT2D eigenvalue weighted by atomic mass is 10.7. The van der Waals surface area contributed by atoms with Crippen molar-refractivity contribution in [3.63, 3.8) is 0 Å². The van der Waals surface area contributed by atoms with Crippen LogP contribution in [0.2, 0.25) is 0 Å². The van der Waals surface area contributed by atoms with Crippen molar-refractivity contribution >= 4 is 24.0 Å². The van der Waals surface area contributed by atoms with Crippen LogP contribution in [0.25, 0.3) is 0 Å². The molecule has 0 fully saturated rings. The quantitative estimate of drug-likeness (QED) is 0.602. The van der Waals surface area contributed by atoms with Crippen molar-refractivity contribution < 1.29 is 5.11 Å². The summed E-state index contributed by atoms with van der Waals surface area (Å²) in [5.74, 6) is 0.569. The van der Waals surface area contributed by atoms with Gasteiger partial charge in [-0.15, -0.1) is 0 Å². The summed E-state index contributed by atoms with van der Waals surface area (Å²) in [6.07, 6.45) is 0. The maximum Gasteiger partial charge on any atom is 0.0519 e. The van der Waals surface area contributed by atoms with Crippen LogP contribution in [0.15, 0.2) is 22.9 Å². The van der Waals surface area contributed by atoms with E-state index >= 15 is 0 Å². The maximum atomic E-state index is 7.80. The Balaban J connectivity index is 0.000000148. The van der Waals surface area contributed by atoms with Gasteiger partial charge >= 0.3 is 0 Å². The zero-order valence-corrected chi connectivity index (χ0v) is 6.74. The summed E-state index contributed by atoms with van der Waals surface area (Å²) in [4.78, 5) is 0. The molecule has 0 saturated heterocycles. The molecule has 0 aliphatic heterocycles. The first-order valence-corrected chi connectivity index (χ1v) is 4.18. The molecule has 1 rings (SSSR count). The van der Waals surface area contributed by atoms with Gasteiger partial charge in [-0.1, -0.05) is 12.1 Å². The van der Waals surface area contributed by atoms with E-state index in [4.69, 9.17) is 5.11 Å². The Kier molecular flexibility index (Phi) is 8.02. The summed E-state index contributed by atoms with van der Waals surface area (Å²) >= 11 is 5.38. The predicted octanol–water partition coefficient (Wildman–Crippen LogP) is 1.66. The van der Waals surface area contributed by atoms with Crippen LogP contribution in [-0.2, 0) is 0 Å². The fraction of sp³-hybridized carbons (Fsp3) is 0.333. The second kappa shape index (κ2) is 8.01. The van der Waals surface area contributed by atoms with Crippen molar-refractivity contribution in [3.8, 4) is 0 Å². The third kappa shape index (κ3) is 8.01. The van der Waals surface area contributed by atoms with Crippen LogP contribution in [0.3, 0.4) is 0 Å². The molecule has 0 spiro atoms. The van der Waals surface area contributed by atoms with Crippen LogP contribution >= 0.6 is 24.0 Å². The molecule has 0 saturated carbocycles. The van der Waals surface area contributed by atoms with Gasteiger partial charge in [0, 0.05) is 5.75 Å². The number of aliphatic hydroxyl groups is 1. The fourth-order valence-corrected chi connectivity index (χ4v) is 0.680. The zero-order chi connectivity index (χ0) is 6.95. The Hall–Kier alpha value is 0.01000. The summed E-state index contributed by atoms with van der Waals surface area (Å²) in [5.41, 5.74) is 0. The maximum absolute atomic E-state index is 7.80. The van der Waals surface area contributed by atoms with Gasteiger partial charge in [-0.3, -0.25) is 0 Å².